The highest BCUT2D eigenvalue weighted by atomic mass is 16.4. The second-order valence-electron chi connectivity index (χ2n) is 9.63. The van der Waals surface area contributed by atoms with Crippen molar-refractivity contribution in [3.63, 3.8) is 0 Å². The molecule has 0 aliphatic heterocycles. The van der Waals surface area contributed by atoms with Crippen LogP contribution < -0.4 is 0 Å². The first-order valence-corrected chi connectivity index (χ1v) is 10.0. The fourth-order valence-corrected chi connectivity index (χ4v) is 7.26. The molecule has 0 aromatic carbocycles. The number of fused-ring (bicyclic) bond motifs is 5. The Hall–Kier alpha value is -1.20. The molecule has 4 rings (SSSR count). The van der Waals surface area contributed by atoms with Gasteiger partial charge in [0.2, 0.25) is 0 Å². The maximum absolute atomic E-state index is 11.9. The molecule has 26 heavy (non-hydrogen) atoms. The molecule has 7 atom stereocenters. The zero-order chi connectivity index (χ0) is 18.9. The summed E-state index contributed by atoms with van der Waals surface area (Å²) in [6.45, 7) is 4.29. The van der Waals surface area contributed by atoms with Crippen molar-refractivity contribution < 1.29 is 24.9 Å². The van der Waals surface area contributed by atoms with Crippen molar-refractivity contribution in [3.8, 4) is 0 Å². The van der Waals surface area contributed by atoms with Crippen molar-refractivity contribution >= 4 is 11.8 Å². The molecule has 0 saturated heterocycles. The first kappa shape index (κ1) is 18.2. The molecule has 3 N–H and O–H groups in total. The van der Waals surface area contributed by atoms with Gasteiger partial charge in [-0.15, -0.1) is 0 Å². The number of hydrogen-bond donors (Lipinski definition) is 3. The van der Waals surface area contributed by atoms with Gasteiger partial charge in [0.05, 0.1) is 0 Å². The first-order chi connectivity index (χ1) is 12.1. The lowest BCUT2D eigenvalue weighted by Gasteiger charge is -2.59. The normalized spacial score (nSPS) is 48.8. The molecule has 0 aromatic rings. The number of hydrogen-bond acceptors (Lipinski definition) is 4. The second kappa shape index (κ2) is 5.65. The van der Waals surface area contributed by atoms with Crippen molar-refractivity contribution in [2.45, 2.75) is 76.9 Å². The smallest absolute Gasteiger partial charge is 0.335 e. The van der Waals surface area contributed by atoms with Crippen molar-refractivity contribution in [2.24, 2.45) is 28.6 Å². The van der Waals surface area contributed by atoms with E-state index >= 15 is 0 Å². The van der Waals surface area contributed by atoms with E-state index in [9.17, 15) is 24.9 Å². The van der Waals surface area contributed by atoms with Crippen LogP contribution in [0.2, 0.25) is 0 Å². The largest absolute Gasteiger partial charge is 0.479 e. The minimum Gasteiger partial charge on any atom is -0.479 e. The molecule has 0 bridgehead atoms. The highest BCUT2D eigenvalue weighted by molar-refractivity contribution is 5.91. The zero-order valence-electron chi connectivity index (χ0n) is 15.7. The maximum atomic E-state index is 11.9. The molecule has 4 aliphatic carbocycles. The van der Waals surface area contributed by atoms with Crippen molar-refractivity contribution in [3.05, 3.63) is 11.6 Å². The van der Waals surface area contributed by atoms with Crippen LogP contribution in [0, 0.1) is 28.6 Å². The van der Waals surface area contributed by atoms with Crippen LogP contribution in [0.25, 0.3) is 0 Å². The summed E-state index contributed by atoms with van der Waals surface area (Å²) in [5, 5.41) is 30.8. The van der Waals surface area contributed by atoms with Crippen LogP contribution in [0.4, 0.5) is 0 Å². The summed E-state index contributed by atoms with van der Waals surface area (Å²) in [5.74, 6) is 0.0629. The van der Waals surface area contributed by atoms with Crippen LogP contribution in [-0.4, -0.2) is 38.8 Å². The number of rotatable bonds is 2. The number of carboxylic acid groups (broad SMARTS) is 1. The van der Waals surface area contributed by atoms with Crippen LogP contribution in [0.3, 0.4) is 0 Å². The number of aliphatic carboxylic acids is 1. The van der Waals surface area contributed by atoms with Gasteiger partial charge >= 0.3 is 5.97 Å². The first-order valence-electron chi connectivity index (χ1n) is 10.0. The monoisotopic (exact) mass is 362 g/mol. The zero-order valence-corrected chi connectivity index (χ0v) is 15.7. The third kappa shape index (κ3) is 2.16. The summed E-state index contributed by atoms with van der Waals surface area (Å²) in [6.07, 6.45) is 6.38. The van der Waals surface area contributed by atoms with Gasteiger partial charge < -0.3 is 15.3 Å². The van der Waals surface area contributed by atoms with Gasteiger partial charge in [0.25, 0.3) is 0 Å². The number of ketones is 1. The minimum atomic E-state index is -1.73. The Morgan fingerprint density at radius 2 is 1.81 bits per heavy atom. The fourth-order valence-electron chi connectivity index (χ4n) is 7.26. The predicted molar refractivity (Wildman–Crippen MR) is 95.3 cm³/mol. The molecule has 0 aromatic heterocycles. The van der Waals surface area contributed by atoms with Crippen molar-refractivity contribution in [1.82, 2.24) is 0 Å². The summed E-state index contributed by atoms with van der Waals surface area (Å²) < 4.78 is 0. The molecule has 0 amide bonds. The Balaban J connectivity index is 1.68. The average Bonchev–Trinajstić information content (AvgIpc) is 2.87. The third-order valence-corrected chi connectivity index (χ3v) is 8.86. The molecule has 4 aliphatic rings. The van der Waals surface area contributed by atoms with E-state index in [4.69, 9.17) is 0 Å². The van der Waals surface area contributed by atoms with E-state index in [1.807, 2.05) is 13.0 Å². The molecular formula is C21H30O5. The van der Waals surface area contributed by atoms with Crippen molar-refractivity contribution in [1.29, 1.82) is 0 Å². The fraction of sp³-hybridized carbons (Fsp3) is 0.810. The number of aliphatic hydroxyl groups is 2. The van der Waals surface area contributed by atoms with Crippen LogP contribution in [0.1, 0.15) is 65.2 Å². The summed E-state index contributed by atoms with van der Waals surface area (Å²) in [4.78, 5) is 23.3. The molecule has 0 radical (unpaired) electrons. The molecule has 3 fully saturated rings. The van der Waals surface area contributed by atoms with Crippen LogP contribution >= 0.6 is 0 Å². The van der Waals surface area contributed by atoms with Crippen LogP contribution in [0.5, 0.6) is 0 Å². The van der Waals surface area contributed by atoms with Crippen LogP contribution in [-0.2, 0) is 9.59 Å². The van der Waals surface area contributed by atoms with Gasteiger partial charge in [-0.25, -0.2) is 4.79 Å². The molecule has 0 heterocycles. The van der Waals surface area contributed by atoms with E-state index < -0.39 is 23.1 Å². The van der Waals surface area contributed by atoms with Gasteiger partial charge in [-0.2, -0.15) is 0 Å². The quantitative estimate of drug-likeness (QED) is 0.702. The Kier molecular flexibility index (Phi) is 3.95. The molecular weight excluding hydrogens is 332 g/mol. The highest BCUT2D eigenvalue weighted by Gasteiger charge is 2.66. The number of allylic oxidation sites excluding steroid dienone is 1. The average molecular weight is 362 g/mol. The topological polar surface area (TPSA) is 94.8 Å². The lowest BCUT2D eigenvalue weighted by molar-refractivity contribution is -0.194. The van der Waals surface area contributed by atoms with E-state index in [0.717, 1.165) is 38.5 Å². The van der Waals surface area contributed by atoms with Crippen LogP contribution in [0.15, 0.2) is 11.6 Å². The Labute approximate surface area is 154 Å². The lowest BCUT2D eigenvalue weighted by Crippen LogP contribution is -2.60. The predicted octanol–water partition coefficient (Wildman–Crippen LogP) is 2.69. The Morgan fingerprint density at radius 1 is 1.12 bits per heavy atom. The maximum Gasteiger partial charge on any atom is 0.335 e. The van der Waals surface area contributed by atoms with Crippen molar-refractivity contribution in [2.75, 3.05) is 0 Å². The van der Waals surface area contributed by atoms with E-state index in [0.29, 0.717) is 24.7 Å². The summed E-state index contributed by atoms with van der Waals surface area (Å²) >= 11 is 0. The molecule has 1 unspecified atom stereocenters. The SMILES string of the molecule is C[C@]12CCC(=O)C=C1CC[C@@H]1[C@@H]2CC[C@@]2(C)[C@H]1CC[C@@]2(O)C(O)C(=O)O. The molecule has 5 heteroatoms. The van der Waals surface area contributed by atoms with Gasteiger partial charge in [-0.1, -0.05) is 19.4 Å². The molecule has 144 valence electrons. The summed E-state index contributed by atoms with van der Waals surface area (Å²) in [7, 11) is 0. The highest BCUT2D eigenvalue weighted by Crippen LogP contribution is 2.67. The number of carbonyl (C=O) groups excluding carboxylic acids is 1. The molecule has 3 saturated carbocycles. The van der Waals surface area contributed by atoms with E-state index in [1.165, 1.54) is 5.57 Å². The number of carbonyl (C=O) groups is 2. The van der Waals surface area contributed by atoms with Gasteiger partial charge in [-0.3, -0.25) is 4.79 Å². The Morgan fingerprint density at radius 3 is 2.50 bits per heavy atom. The van der Waals surface area contributed by atoms with E-state index in [2.05, 4.69) is 6.92 Å². The number of carboxylic acids is 1. The van der Waals surface area contributed by atoms with Gasteiger partial charge in [-0.05, 0) is 74.2 Å². The van der Waals surface area contributed by atoms with E-state index in [1.54, 1.807) is 0 Å². The van der Waals surface area contributed by atoms with Gasteiger partial charge in [0.1, 0.15) is 5.60 Å². The summed E-state index contributed by atoms with van der Waals surface area (Å²) in [6, 6.07) is 0. The molecule has 5 nitrogen and oxygen atoms in total. The second-order valence-corrected chi connectivity index (χ2v) is 9.63. The number of aliphatic hydroxyl groups excluding tert-OH is 1. The minimum absolute atomic E-state index is 0.0598. The third-order valence-electron chi connectivity index (χ3n) is 8.86. The lowest BCUT2D eigenvalue weighted by atomic mass is 9.46. The van der Waals surface area contributed by atoms with E-state index in [-0.39, 0.29) is 17.1 Å². The van der Waals surface area contributed by atoms with Gasteiger partial charge in [0.15, 0.2) is 11.9 Å². The standard InChI is InChI=1S/C21H30O5/c1-19-8-5-13(22)11-12(19)3-4-14-15(19)6-9-20(2)16(14)7-10-21(20,26)17(23)18(24)25/h11,14-17,23,26H,3-10H2,1-2H3,(H,24,25)/t14-,15+,16+,17?,19+,20+,21-/m1/s1. The Bertz CT molecular complexity index is 684. The summed E-state index contributed by atoms with van der Waals surface area (Å²) in [5.41, 5.74) is -0.746. The van der Waals surface area contributed by atoms with Gasteiger partial charge in [0, 0.05) is 11.8 Å². The molecule has 0 spiro atoms.